The molecule has 66 valence electrons. The fourth-order valence-corrected chi connectivity index (χ4v) is 1.04. The highest BCUT2D eigenvalue weighted by atomic mass is 35.5. The first-order chi connectivity index (χ1) is 5.75. The van der Waals surface area contributed by atoms with Crippen LogP contribution < -0.4 is 5.32 Å². The van der Waals surface area contributed by atoms with Gasteiger partial charge in [-0.2, -0.15) is 0 Å². The largest absolute Gasteiger partial charge is 0.302 e. The quantitative estimate of drug-likeness (QED) is 0.285. The Morgan fingerprint density at radius 1 is 1.33 bits per heavy atom. The first kappa shape index (κ1) is 9.22. The molecule has 2 amide bonds. The molecule has 0 bridgehead atoms. The van der Waals surface area contributed by atoms with Gasteiger partial charge in [0.1, 0.15) is 0 Å². The predicted molar refractivity (Wildman–Crippen MR) is 44.6 cm³/mol. The summed E-state index contributed by atoms with van der Waals surface area (Å²) >= 11 is 5.34. The molecule has 1 N–H and O–H groups in total. The summed E-state index contributed by atoms with van der Waals surface area (Å²) in [6.07, 6.45) is 2.53. The number of halogens is 1. The molecular formula is C7H9ClN2O2. The summed E-state index contributed by atoms with van der Waals surface area (Å²) in [5, 5.41) is 2.81. The Morgan fingerprint density at radius 3 is 2.42 bits per heavy atom. The lowest BCUT2D eigenvalue weighted by atomic mass is 10.5. The summed E-state index contributed by atoms with van der Waals surface area (Å²) in [6, 6.07) is 0.323. The van der Waals surface area contributed by atoms with Gasteiger partial charge in [-0.3, -0.25) is 14.5 Å². The molecule has 0 aromatic heterocycles. The molecule has 4 nitrogen and oxygen atoms in total. The highest BCUT2D eigenvalue weighted by Crippen LogP contribution is 2.01. The zero-order chi connectivity index (χ0) is 8.97. The van der Waals surface area contributed by atoms with E-state index in [1.165, 1.54) is 17.1 Å². The van der Waals surface area contributed by atoms with Crippen LogP contribution in [0.25, 0.3) is 0 Å². The second-order valence-corrected chi connectivity index (χ2v) is 2.56. The number of carbonyl (C=O) groups excluding carboxylic acids is 2. The third-order valence-corrected chi connectivity index (χ3v) is 1.70. The average molecular weight is 189 g/mol. The summed E-state index contributed by atoms with van der Waals surface area (Å²) < 4.78 is 0. The molecule has 1 heterocycles. The third-order valence-electron chi connectivity index (χ3n) is 1.51. The molecule has 0 saturated heterocycles. The van der Waals surface area contributed by atoms with Crippen molar-refractivity contribution in [3.63, 3.8) is 0 Å². The van der Waals surface area contributed by atoms with E-state index in [0.717, 1.165) is 0 Å². The first-order valence-electron chi connectivity index (χ1n) is 3.56. The normalized spacial score (nSPS) is 16.2. The Hall–Kier alpha value is -0.870. The van der Waals surface area contributed by atoms with Crippen molar-refractivity contribution in [1.29, 1.82) is 0 Å². The number of amides is 2. The van der Waals surface area contributed by atoms with Crippen LogP contribution in [0.3, 0.4) is 0 Å². The van der Waals surface area contributed by atoms with E-state index in [0.29, 0.717) is 19.1 Å². The predicted octanol–water partition coefficient (Wildman–Crippen LogP) is -0.303. The minimum Gasteiger partial charge on any atom is -0.302 e. The van der Waals surface area contributed by atoms with E-state index in [1.807, 2.05) is 0 Å². The number of hydrogen-bond donors (Lipinski definition) is 1. The number of nitrogens with zero attached hydrogens (tertiary/aromatic N) is 1. The van der Waals surface area contributed by atoms with E-state index in [-0.39, 0.29) is 11.8 Å². The second-order valence-electron chi connectivity index (χ2n) is 2.30. The molecule has 0 fully saturated rings. The van der Waals surface area contributed by atoms with Crippen LogP contribution in [0.5, 0.6) is 0 Å². The maximum absolute atomic E-state index is 10.9. The van der Waals surface area contributed by atoms with Crippen LogP contribution in [0.15, 0.2) is 12.2 Å². The maximum atomic E-state index is 10.9. The van der Waals surface area contributed by atoms with E-state index >= 15 is 0 Å². The summed E-state index contributed by atoms with van der Waals surface area (Å²) in [5.41, 5.74) is 0. The molecule has 0 aliphatic carbocycles. The van der Waals surface area contributed by atoms with Gasteiger partial charge in [-0.25, -0.2) is 0 Å². The number of rotatable bonds is 4. The number of imide groups is 1. The van der Waals surface area contributed by atoms with E-state index in [2.05, 4.69) is 5.32 Å². The van der Waals surface area contributed by atoms with Gasteiger partial charge in [0.05, 0.1) is 6.00 Å². The zero-order valence-corrected chi connectivity index (χ0v) is 7.17. The minimum atomic E-state index is -0.253. The topological polar surface area (TPSA) is 49.4 Å². The van der Waals surface area contributed by atoms with Gasteiger partial charge in [-0.05, 0) is 0 Å². The van der Waals surface area contributed by atoms with Gasteiger partial charge in [0, 0.05) is 25.2 Å². The standard InChI is InChI=1S/C7H9ClN2O2/c8-5-9-3-4-10-6(11)1-2-7(10)12/h1-2,9H,3-5H2. The highest BCUT2D eigenvalue weighted by molar-refractivity contribution is 6.17. The number of hydrogen-bond acceptors (Lipinski definition) is 3. The van der Waals surface area contributed by atoms with Gasteiger partial charge < -0.3 is 5.32 Å². The lowest BCUT2D eigenvalue weighted by Gasteiger charge is -2.12. The van der Waals surface area contributed by atoms with Crippen LogP contribution in [0.2, 0.25) is 0 Å². The van der Waals surface area contributed by atoms with Crippen molar-refractivity contribution in [3.05, 3.63) is 12.2 Å². The second kappa shape index (κ2) is 4.23. The summed E-state index contributed by atoms with van der Waals surface area (Å²) in [5.74, 6) is -0.507. The van der Waals surface area contributed by atoms with Crippen molar-refractivity contribution in [3.8, 4) is 0 Å². The summed E-state index contributed by atoms with van der Waals surface area (Å²) in [4.78, 5) is 23.0. The van der Waals surface area contributed by atoms with Crippen LogP contribution in [-0.2, 0) is 9.59 Å². The molecule has 0 saturated carbocycles. The van der Waals surface area contributed by atoms with Crippen molar-refractivity contribution in [1.82, 2.24) is 10.2 Å². The Kier molecular flexibility index (Phi) is 3.25. The van der Waals surface area contributed by atoms with Crippen molar-refractivity contribution in [2.24, 2.45) is 0 Å². The first-order valence-corrected chi connectivity index (χ1v) is 4.09. The molecule has 0 spiro atoms. The van der Waals surface area contributed by atoms with Gasteiger partial charge in [-0.1, -0.05) is 0 Å². The van der Waals surface area contributed by atoms with Crippen LogP contribution in [0.1, 0.15) is 0 Å². The van der Waals surface area contributed by atoms with Crippen LogP contribution >= 0.6 is 11.6 Å². The molecule has 1 aliphatic rings. The van der Waals surface area contributed by atoms with Gasteiger partial charge in [0.2, 0.25) is 0 Å². The number of carbonyl (C=O) groups is 2. The molecule has 12 heavy (non-hydrogen) atoms. The van der Waals surface area contributed by atoms with E-state index in [4.69, 9.17) is 11.6 Å². The number of alkyl halides is 1. The SMILES string of the molecule is O=C1C=CC(=O)N1CCNCCl. The Morgan fingerprint density at radius 2 is 1.92 bits per heavy atom. The van der Waals surface area contributed by atoms with E-state index < -0.39 is 0 Å². The Labute approximate surface area is 75.2 Å². The highest BCUT2D eigenvalue weighted by Gasteiger charge is 2.21. The molecule has 0 aromatic rings. The van der Waals surface area contributed by atoms with Gasteiger partial charge in [0.25, 0.3) is 11.8 Å². The van der Waals surface area contributed by atoms with E-state index in [1.54, 1.807) is 0 Å². The fourth-order valence-electron chi connectivity index (χ4n) is 0.909. The molecule has 5 heteroatoms. The van der Waals surface area contributed by atoms with Crippen molar-refractivity contribution >= 4 is 23.4 Å². The average Bonchev–Trinajstić information content (AvgIpc) is 2.35. The minimum absolute atomic E-state index is 0.253. The molecule has 0 aromatic carbocycles. The zero-order valence-electron chi connectivity index (χ0n) is 6.42. The lowest BCUT2D eigenvalue weighted by molar-refractivity contribution is -0.136. The maximum Gasteiger partial charge on any atom is 0.253 e. The van der Waals surface area contributed by atoms with Crippen molar-refractivity contribution in [2.75, 3.05) is 19.1 Å². The Bertz CT molecular complexity index is 209. The Balaban J connectivity index is 2.33. The summed E-state index contributed by atoms with van der Waals surface area (Å²) in [6.45, 7) is 0.903. The monoisotopic (exact) mass is 188 g/mol. The van der Waals surface area contributed by atoms with Gasteiger partial charge in [0.15, 0.2) is 0 Å². The molecule has 0 unspecified atom stereocenters. The fraction of sp³-hybridized carbons (Fsp3) is 0.429. The smallest absolute Gasteiger partial charge is 0.253 e. The van der Waals surface area contributed by atoms with Gasteiger partial charge in [-0.15, -0.1) is 11.6 Å². The lowest BCUT2D eigenvalue weighted by Crippen LogP contribution is -2.36. The molecule has 0 radical (unpaired) electrons. The van der Waals surface area contributed by atoms with Crippen molar-refractivity contribution < 1.29 is 9.59 Å². The molecule has 1 rings (SSSR count). The van der Waals surface area contributed by atoms with Gasteiger partial charge >= 0.3 is 0 Å². The number of nitrogens with one attached hydrogen (secondary N) is 1. The molecule has 1 aliphatic heterocycles. The van der Waals surface area contributed by atoms with Crippen LogP contribution in [-0.4, -0.2) is 35.8 Å². The van der Waals surface area contributed by atoms with Crippen LogP contribution in [0.4, 0.5) is 0 Å². The van der Waals surface area contributed by atoms with Crippen LogP contribution in [0, 0.1) is 0 Å². The summed E-state index contributed by atoms with van der Waals surface area (Å²) in [7, 11) is 0. The molecular weight excluding hydrogens is 180 g/mol. The molecule has 0 atom stereocenters. The van der Waals surface area contributed by atoms with Crippen molar-refractivity contribution in [2.45, 2.75) is 0 Å². The van der Waals surface area contributed by atoms with E-state index in [9.17, 15) is 9.59 Å². The third kappa shape index (κ3) is 2.06.